The quantitative estimate of drug-likeness (QED) is 0.909. The summed E-state index contributed by atoms with van der Waals surface area (Å²) in [5, 5.41) is 2.82. The van der Waals surface area contributed by atoms with Crippen LogP contribution in [0.4, 0.5) is 10.1 Å². The van der Waals surface area contributed by atoms with Crippen LogP contribution in [-0.4, -0.2) is 28.5 Å². The topological polar surface area (TPSA) is 49.4 Å². The monoisotopic (exact) mass is 356 g/mol. The fraction of sp³-hybridized carbons (Fsp3) is 0.263. The first-order valence-electron chi connectivity index (χ1n) is 8.22. The Labute approximate surface area is 149 Å². The van der Waals surface area contributed by atoms with Crippen LogP contribution in [0.5, 0.6) is 0 Å². The molecular formula is C19H17FN2O2S. The van der Waals surface area contributed by atoms with E-state index < -0.39 is 0 Å². The molecule has 6 heteroatoms. The molecule has 0 radical (unpaired) electrons. The molecule has 1 heterocycles. The SMILES string of the molecule is O=C1CSc2ccc(C(=O)N(Cc3ccc(F)cc3)C3CC3)cc2N1. The fourth-order valence-corrected chi connectivity index (χ4v) is 3.71. The third-order valence-electron chi connectivity index (χ3n) is 4.37. The number of nitrogens with one attached hydrogen (secondary N) is 1. The molecule has 2 aromatic rings. The van der Waals surface area contributed by atoms with Gasteiger partial charge in [-0.15, -0.1) is 11.8 Å². The van der Waals surface area contributed by atoms with E-state index in [1.165, 1.54) is 23.9 Å². The molecule has 4 nitrogen and oxygen atoms in total. The molecule has 1 fully saturated rings. The molecule has 4 rings (SSSR count). The van der Waals surface area contributed by atoms with Crippen LogP contribution in [0.2, 0.25) is 0 Å². The van der Waals surface area contributed by atoms with Gasteiger partial charge in [0.2, 0.25) is 5.91 Å². The smallest absolute Gasteiger partial charge is 0.254 e. The lowest BCUT2D eigenvalue weighted by Gasteiger charge is -2.24. The van der Waals surface area contributed by atoms with E-state index in [0.717, 1.165) is 23.3 Å². The summed E-state index contributed by atoms with van der Waals surface area (Å²) < 4.78 is 13.1. The molecule has 0 atom stereocenters. The van der Waals surface area contributed by atoms with Gasteiger partial charge in [0.1, 0.15) is 5.82 Å². The number of hydrogen-bond donors (Lipinski definition) is 1. The largest absolute Gasteiger partial charge is 0.331 e. The van der Waals surface area contributed by atoms with E-state index in [-0.39, 0.29) is 23.7 Å². The average Bonchev–Trinajstić information content (AvgIpc) is 3.45. The van der Waals surface area contributed by atoms with Crippen molar-refractivity contribution in [1.82, 2.24) is 4.90 Å². The van der Waals surface area contributed by atoms with Crippen LogP contribution in [0, 0.1) is 5.82 Å². The minimum absolute atomic E-state index is 0.0486. The highest BCUT2D eigenvalue weighted by atomic mass is 32.2. The Morgan fingerprint density at radius 3 is 2.68 bits per heavy atom. The van der Waals surface area contributed by atoms with Crippen molar-refractivity contribution >= 4 is 29.3 Å². The standard InChI is InChI=1S/C19H17FN2O2S/c20-14-4-1-12(2-5-14)10-22(15-6-7-15)19(24)13-3-8-17-16(9-13)21-18(23)11-25-17/h1-5,8-9,15H,6-7,10-11H2,(H,21,23). The molecule has 0 saturated heterocycles. The highest BCUT2D eigenvalue weighted by molar-refractivity contribution is 8.00. The first-order valence-corrected chi connectivity index (χ1v) is 9.21. The summed E-state index contributed by atoms with van der Waals surface area (Å²) in [5.41, 5.74) is 2.17. The van der Waals surface area contributed by atoms with Gasteiger partial charge in [0.15, 0.2) is 0 Å². The maximum Gasteiger partial charge on any atom is 0.254 e. The Morgan fingerprint density at radius 1 is 1.20 bits per heavy atom. The Balaban J connectivity index is 1.58. The van der Waals surface area contributed by atoms with Crippen LogP contribution in [0.25, 0.3) is 0 Å². The molecule has 2 amide bonds. The van der Waals surface area contributed by atoms with Gasteiger partial charge < -0.3 is 10.2 Å². The lowest BCUT2D eigenvalue weighted by Crippen LogP contribution is -2.32. The van der Waals surface area contributed by atoms with Crippen LogP contribution in [0.3, 0.4) is 0 Å². The van der Waals surface area contributed by atoms with E-state index in [2.05, 4.69) is 5.32 Å². The van der Waals surface area contributed by atoms with Crippen molar-refractivity contribution in [3.63, 3.8) is 0 Å². The number of hydrogen-bond acceptors (Lipinski definition) is 3. The van der Waals surface area contributed by atoms with Crippen LogP contribution in [-0.2, 0) is 11.3 Å². The van der Waals surface area contributed by atoms with Gasteiger partial charge >= 0.3 is 0 Å². The van der Waals surface area contributed by atoms with Crippen molar-refractivity contribution < 1.29 is 14.0 Å². The molecule has 128 valence electrons. The highest BCUT2D eigenvalue weighted by Gasteiger charge is 2.33. The number of anilines is 1. The molecular weight excluding hydrogens is 339 g/mol. The van der Waals surface area contributed by atoms with Gasteiger partial charge in [-0.05, 0) is 48.7 Å². The van der Waals surface area contributed by atoms with Gasteiger partial charge in [-0.2, -0.15) is 0 Å². The van der Waals surface area contributed by atoms with Crippen molar-refractivity contribution in [2.75, 3.05) is 11.1 Å². The molecule has 2 aliphatic rings. The number of thioether (sulfide) groups is 1. The Hall–Kier alpha value is -2.34. The first-order chi connectivity index (χ1) is 12.1. The van der Waals surface area contributed by atoms with E-state index >= 15 is 0 Å². The van der Waals surface area contributed by atoms with Gasteiger partial charge in [-0.1, -0.05) is 12.1 Å². The van der Waals surface area contributed by atoms with Gasteiger partial charge in [0.25, 0.3) is 5.91 Å². The average molecular weight is 356 g/mol. The van der Waals surface area contributed by atoms with Gasteiger partial charge in [-0.25, -0.2) is 4.39 Å². The fourth-order valence-electron chi connectivity index (χ4n) is 2.92. The van der Waals surface area contributed by atoms with Crippen molar-refractivity contribution in [3.8, 4) is 0 Å². The number of fused-ring (bicyclic) bond motifs is 1. The van der Waals surface area contributed by atoms with Gasteiger partial charge in [0, 0.05) is 23.0 Å². The third kappa shape index (κ3) is 3.54. The number of halogens is 1. The molecule has 0 unspecified atom stereocenters. The van der Waals surface area contributed by atoms with Crippen molar-refractivity contribution in [3.05, 3.63) is 59.4 Å². The summed E-state index contributed by atoms with van der Waals surface area (Å²) in [6.45, 7) is 0.460. The zero-order chi connectivity index (χ0) is 17.4. The second-order valence-corrected chi connectivity index (χ2v) is 7.36. The first kappa shape index (κ1) is 16.1. The van der Waals surface area contributed by atoms with E-state index in [4.69, 9.17) is 0 Å². The number of carbonyl (C=O) groups excluding carboxylic acids is 2. The van der Waals surface area contributed by atoms with Gasteiger partial charge in [-0.3, -0.25) is 9.59 Å². The molecule has 1 saturated carbocycles. The van der Waals surface area contributed by atoms with Crippen molar-refractivity contribution in [2.24, 2.45) is 0 Å². The number of carbonyl (C=O) groups is 2. The molecule has 25 heavy (non-hydrogen) atoms. The normalized spacial score (nSPS) is 16.1. The summed E-state index contributed by atoms with van der Waals surface area (Å²) in [6.07, 6.45) is 1.98. The molecule has 0 aromatic heterocycles. The second kappa shape index (κ2) is 6.52. The van der Waals surface area contributed by atoms with Crippen LogP contribution >= 0.6 is 11.8 Å². The number of benzene rings is 2. The predicted octanol–water partition coefficient (Wildman–Crippen LogP) is 3.67. The van der Waals surface area contributed by atoms with E-state index in [1.807, 2.05) is 17.0 Å². The Morgan fingerprint density at radius 2 is 1.96 bits per heavy atom. The highest BCUT2D eigenvalue weighted by Crippen LogP contribution is 2.34. The van der Waals surface area contributed by atoms with E-state index in [9.17, 15) is 14.0 Å². The molecule has 0 bridgehead atoms. The molecule has 0 spiro atoms. The lowest BCUT2D eigenvalue weighted by molar-refractivity contribution is -0.113. The van der Waals surface area contributed by atoms with Gasteiger partial charge in [0.05, 0.1) is 11.4 Å². The molecule has 1 N–H and O–H groups in total. The predicted molar refractivity (Wildman–Crippen MR) is 95.1 cm³/mol. The number of rotatable bonds is 4. The number of nitrogens with zero attached hydrogens (tertiary/aromatic N) is 1. The number of amides is 2. The van der Waals surface area contributed by atoms with Crippen molar-refractivity contribution in [1.29, 1.82) is 0 Å². The molecule has 1 aliphatic heterocycles. The maximum atomic E-state index is 13.1. The summed E-state index contributed by atoms with van der Waals surface area (Å²) in [7, 11) is 0. The van der Waals surface area contributed by atoms with E-state index in [0.29, 0.717) is 23.5 Å². The maximum absolute atomic E-state index is 13.1. The zero-order valence-corrected chi connectivity index (χ0v) is 14.3. The second-order valence-electron chi connectivity index (χ2n) is 6.34. The lowest BCUT2D eigenvalue weighted by atomic mass is 10.1. The Kier molecular flexibility index (Phi) is 4.21. The zero-order valence-electron chi connectivity index (χ0n) is 13.5. The summed E-state index contributed by atoms with van der Waals surface area (Å²) in [4.78, 5) is 27.4. The van der Waals surface area contributed by atoms with Crippen LogP contribution < -0.4 is 5.32 Å². The Bertz CT molecular complexity index is 834. The minimum Gasteiger partial charge on any atom is -0.331 e. The minimum atomic E-state index is -0.282. The summed E-state index contributed by atoms with van der Waals surface area (Å²) in [6, 6.07) is 11.9. The summed E-state index contributed by atoms with van der Waals surface area (Å²) in [5.74, 6) is 0.0156. The summed E-state index contributed by atoms with van der Waals surface area (Å²) >= 11 is 1.48. The van der Waals surface area contributed by atoms with Crippen LogP contribution in [0.15, 0.2) is 47.4 Å². The van der Waals surface area contributed by atoms with E-state index in [1.54, 1.807) is 18.2 Å². The third-order valence-corrected chi connectivity index (χ3v) is 5.45. The van der Waals surface area contributed by atoms with Crippen LogP contribution in [0.1, 0.15) is 28.8 Å². The molecule has 1 aliphatic carbocycles. The van der Waals surface area contributed by atoms with Crippen molar-refractivity contribution in [2.45, 2.75) is 30.3 Å². The molecule has 2 aromatic carbocycles.